The van der Waals surface area contributed by atoms with Gasteiger partial charge in [0.15, 0.2) is 5.69 Å². The molecule has 1 unspecified atom stereocenters. The third-order valence-electron chi connectivity index (χ3n) is 4.20. The van der Waals surface area contributed by atoms with E-state index in [0.717, 1.165) is 24.1 Å². The summed E-state index contributed by atoms with van der Waals surface area (Å²) in [6.45, 7) is 3.79. The van der Waals surface area contributed by atoms with Crippen LogP contribution in [0.3, 0.4) is 0 Å². The van der Waals surface area contributed by atoms with E-state index in [1.807, 2.05) is 38.1 Å². The number of aromatic nitrogens is 3. The lowest BCUT2D eigenvalue weighted by Gasteiger charge is -2.28. The van der Waals surface area contributed by atoms with Crippen LogP contribution >= 0.6 is 0 Å². The minimum absolute atomic E-state index is 0.0740. The molecule has 0 bridgehead atoms. The van der Waals surface area contributed by atoms with E-state index in [9.17, 15) is 9.90 Å². The monoisotopic (exact) mass is 300 g/mol. The number of aliphatic hydroxyl groups is 1. The molecule has 2 N–H and O–H groups in total. The van der Waals surface area contributed by atoms with Crippen molar-refractivity contribution in [2.24, 2.45) is 5.92 Å². The number of rotatable bonds is 5. The van der Waals surface area contributed by atoms with Gasteiger partial charge in [-0.2, -0.15) is 0 Å². The maximum absolute atomic E-state index is 12.3. The number of nitrogens with one attached hydrogen (secondary N) is 1. The van der Waals surface area contributed by atoms with Crippen LogP contribution in [0.4, 0.5) is 0 Å². The maximum Gasteiger partial charge on any atom is 0.273 e. The Morgan fingerprint density at radius 2 is 2.27 bits per heavy atom. The molecule has 22 heavy (non-hydrogen) atoms. The second-order valence-corrected chi connectivity index (χ2v) is 6.19. The zero-order valence-electron chi connectivity index (χ0n) is 12.8. The summed E-state index contributed by atoms with van der Waals surface area (Å²) in [6, 6.07) is 7.81. The molecule has 1 aliphatic carbocycles. The summed E-state index contributed by atoms with van der Waals surface area (Å²) in [6.07, 6.45) is 3.68. The molecule has 1 aliphatic rings. The molecule has 1 amide bonds. The van der Waals surface area contributed by atoms with E-state index in [4.69, 9.17) is 0 Å². The number of aryl methyl sites for hydroxylation is 1. The van der Waals surface area contributed by atoms with E-state index in [-0.39, 0.29) is 18.2 Å². The van der Waals surface area contributed by atoms with Gasteiger partial charge in [0.2, 0.25) is 0 Å². The second kappa shape index (κ2) is 5.53. The van der Waals surface area contributed by atoms with Crippen molar-refractivity contribution in [3.8, 4) is 5.69 Å². The molecular formula is C16H20N4O2. The molecule has 6 heteroatoms. The van der Waals surface area contributed by atoms with Crippen molar-refractivity contribution < 1.29 is 9.90 Å². The van der Waals surface area contributed by atoms with E-state index in [1.165, 1.54) is 0 Å². The first-order valence-corrected chi connectivity index (χ1v) is 7.44. The first-order chi connectivity index (χ1) is 10.5. The van der Waals surface area contributed by atoms with Crippen molar-refractivity contribution in [2.45, 2.75) is 32.2 Å². The highest BCUT2D eigenvalue weighted by molar-refractivity contribution is 5.92. The molecule has 0 spiro atoms. The van der Waals surface area contributed by atoms with Crippen LogP contribution in [-0.4, -0.2) is 38.2 Å². The number of hydrogen-bond acceptors (Lipinski definition) is 4. The van der Waals surface area contributed by atoms with Crippen molar-refractivity contribution in [3.63, 3.8) is 0 Å². The van der Waals surface area contributed by atoms with Gasteiger partial charge in [0.1, 0.15) is 0 Å². The van der Waals surface area contributed by atoms with Gasteiger partial charge in [0.05, 0.1) is 24.0 Å². The Labute approximate surface area is 129 Å². The highest BCUT2D eigenvalue weighted by Gasteiger charge is 2.42. The Hall–Kier alpha value is -2.21. The van der Waals surface area contributed by atoms with Crippen LogP contribution in [0.1, 0.15) is 35.8 Å². The highest BCUT2D eigenvalue weighted by Crippen LogP contribution is 2.39. The summed E-state index contributed by atoms with van der Waals surface area (Å²) in [5.41, 5.74) is 1.64. The number of hydrogen-bond donors (Lipinski definition) is 2. The average molecular weight is 300 g/mol. The molecule has 0 radical (unpaired) electrons. The second-order valence-electron chi connectivity index (χ2n) is 6.19. The molecule has 2 aromatic rings. The van der Waals surface area contributed by atoms with Gasteiger partial charge in [-0.15, -0.1) is 5.10 Å². The first-order valence-electron chi connectivity index (χ1n) is 7.44. The third kappa shape index (κ3) is 2.87. The van der Waals surface area contributed by atoms with Gasteiger partial charge in [-0.05, 0) is 50.3 Å². The summed E-state index contributed by atoms with van der Waals surface area (Å²) < 4.78 is 1.58. The van der Waals surface area contributed by atoms with Crippen molar-refractivity contribution in [3.05, 3.63) is 41.7 Å². The quantitative estimate of drug-likeness (QED) is 0.876. The Balaban J connectivity index is 1.77. The van der Waals surface area contributed by atoms with Crippen LogP contribution in [0.25, 0.3) is 5.69 Å². The molecular weight excluding hydrogens is 280 g/mol. The lowest BCUT2D eigenvalue weighted by molar-refractivity contribution is 0.0819. The highest BCUT2D eigenvalue weighted by atomic mass is 16.3. The normalized spacial score (nSPS) is 17.0. The Morgan fingerprint density at radius 3 is 2.91 bits per heavy atom. The van der Waals surface area contributed by atoms with E-state index in [2.05, 4.69) is 15.6 Å². The largest absolute Gasteiger partial charge is 0.394 e. The predicted molar refractivity (Wildman–Crippen MR) is 81.8 cm³/mol. The third-order valence-corrected chi connectivity index (χ3v) is 4.20. The number of carbonyl (C=O) groups is 1. The molecule has 1 aromatic carbocycles. The Kier molecular flexibility index (Phi) is 3.70. The van der Waals surface area contributed by atoms with Crippen molar-refractivity contribution in [1.82, 2.24) is 20.3 Å². The van der Waals surface area contributed by atoms with Gasteiger partial charge in [0, 0.05) is 0 Å². The van der Waals surface area contributed by atoms with Gasteiger partial charge >= 0.3 is 0 Å². The molecule has 1 fully saturated rings. The Morgan fingerprint density at radius 1 is 1.50 bits per heavy atom. The number of amides is 1. The van der Waals surface area contributed by atoms with Gasteiger partial charge < -0.3 is 10.4 Å². The van der Waals surface area contributed by atoms with Crippen LogP contribution in [-0.2, 0) is 0 Å². The zero-order valence-corrected chi connectivity index (χ0v) is 12.8. The van der Waals surface area contributed by atoms with Gasteiger partial charge in [0.25, 0.3) is 5.91 Å². The van der Waals surface area contributed by atoms with Crippen molar-refractivity contribution in [1.29, 1.82) is 0 Å². The van der Waals surface area contributed by atoms with Crippen LogP contribution in [0.2, 0.25) is 0 Å². The van der Waals surface area contributed by atoms with Crippen LogP contribution in [0.15, 0.2) is 30.5 Å². The summed E-state index contributed by atoms with van der Waals surface area (Å²) >= 11 is 0. The van der Waals surface area contributed by atoms with E-state index >= 15 is 0 Å². The van der Waals surface area contributed by atoms with E-state index in [0.29, 0.717) is 5.92 Å². The van der Waals surface area contributed by atoms with Crippen molar-refractivity contribution in [2.75, 3.05) is 6.61 Å². The molecule has 1 atom stereocenters. The standard InChI is InChI=1S/C16H20N4O2/c1-11-4-3-5-13(8-11)20-9-14(18-19-20)15(22)17-16(2,10-21)12-6-7-12/h3-5,8-9,12,21H,6-7,10H2,1-2H3,(H,17,22). The first kappa shape index (κ1) is 14.7. The predicted octanol–water partition coefficient (Wildman–Crippen LogP) is 1.47. The minimum atomic E-state index is -0.579. The number of carbonyl (C=O) groups excluding carboxylic acids is 1. The number of benzene rings is 1. The summed E-state index contributed by atoms with van der Waals surface area (Å²) in [7, 11) is 0. The van der Waals surface area contributed by atoms with Gasteiger partial charge in [-0.1, -0.05) is 17.3 Å². The lowest BCUT2D eigenvalue weighted by Crippen LogP contribution is -2.50. The zero-order chi connectivity index (χ0) is 15.7. The SMILES string of the molecule is Cc1cccc(-n2cc(C(=O)NC(C)(CO)C3CC3)nn2)c1. The van der Waals surface area contributed by atoms with Crippen molar-refractivity contribution >= 4 is 5.91 Å². The molecule has 1 heterocycles. The fourth-order valence-electron chi connectivity index (χ4n) is 2.58. The Bertz CT molecular complexity index is 693. The summed E-state index contributed by atoms with van der Waals surface area (Å²) in [4.78, 5) is 12.3. The lowest BCUT2D eigenvalue weighted by atomic mass is 9.97. The van der Waals surface area contributed by atoms with E-state index in [1.54, 1.807) is 10.9 Å². The molecule has 0 saturated heterocycles. The minimum Gasteiger partial charge on any atom is -0.394 e. The fourth-order valence-corrected chi connectivity index (χ4v) is 2.58. The molecule has 1 saturated carbocycles. The molecule has 116 valence electrons. The molecule has 0 aliphatic heterocycles. The van der Waals surface area contributed by atoms with Gasteiger partial charge in [-0.25, -0.2) is 4.68 Å². The summed E-state index contributed by atoms with van der Waals surface area (Å²) in [5.74, 6) is 0.0376. The van der Waals surface area contributed by atoms with Crippen LogP contribution in [0, 0.1) is 12.8 Å². The van der Waals surface area contributed by atoms with Gasteiger partial charge in [-0.3, -0.25) is 4.79 Å². The molecule has 3 rings (SSSR count). The number of aliphatic hydroxyl groups excluding tert-OH is 1. The average Bonchev–Trinajstić information content (AvgIpc) is 3.25. The maximum atomic E-state index is 12.3. The summed E-state index contributed by atoms with van der Waals surface area (Å²) in [5, 5.41) is 20.4. The molecule has 1 aromatic heterocycles. The van der Waals surface area contributed by atoms with E-state index < -0.39 is 5.54 Å². The smallest absolute Gasteiger partial charge is 0.273 e. The fraction of sp³-hybridized carbons (Fsp3) is 0.438. The molecule has 6 nitrogen and oxygen atoms in total. The topological polar surface area (TPSA) is 80.0 Å². The van der Waals surface area contributed by atoms with Crippen LogP contribution in [0.5, 0.6) is 0 Å². The van der Waals surface area contributed by atoms with Crippen LogP contribution < -0.4 is 5.32 Å². The number of nitrogens with zero attached hydrogens (tertiary/aromatic N) is 3.